The number of hydrogen-bond donors (Lipinski definition) is 2. The van der Waals surface area contributed by atoms with Gasteiger partial charge in [-0.15, -0.1) is 0 Å². The summed E-state index contributed by atoms with van der Waals surface area (Å²) in [7, 11) is 2.01. The molecule has 0 aliphatic carbocycles. The fourth-order valence-corrected chi connectivity index (χ4v) is 6.07. The van der Waals surface area contributed by atoms with Crippen molar-refractivity contribution >= 4 is 50.7 Å². The maximum Gasteiger partial charge on any atom is 0.164 e. The molecule has 4 aromatic carbocycles. The average molecular weight is 531 g/mol. The summed E-state index contributed by atoms with van der Waals surface area (Å²) in [6, 6.07) is 32.8. The van der Waals surface area contributed by atoms with Gasteiger partial charge in [0.1, 0.15) is 34.6 Å². The van der Waals surface area contributed by atoms with Gasteiger partial charge < -0.3 is 14.9 Å². The van der Waals surface area contributed by atoms with Gasteiger partial charge in [0.15, 0.2) is 11.7 Å². The van der Waals surface area contributed by atoms with Gasteiger partial charge in [0.25, 0.3) is 0 Å². The van der Waals surface area contributed by atoms with Crippen molar-refractivity contribution in [2.45, 2.75) is 6.17 Å². The molecule has 6 aromatic rings. The number of aromatic nitrogens is 2. The molecule has 194 valence electrons. The summed E-state index contributed by atoms with van der Waals surface area (Å²) in [6.45, 7) is 0. The fourth-order valence-electron chi connectivity index (χ4n) is 6.07. The van der Waals surface area contributed by atoms with Gasteiger partial charge in [-0.3, -0.25) is 0 Å². The molecule has 0 saturated heterocycles. The van der Waals surface area contributed by atoms with E-state index in [1.807, 2.05) is 72.3 Å². The summed E-state index contributed by atoms with van der Waals surface area (Å²) in [4.78, 5) is 29.1. The van der Waals surface area contributed by atoms with Crippen LogP contribution in [0.4, 0.5) is 11.6 Å². The molecule has 1 atom stereocenters. The zero-order valence-electron chi connectivity index (χ0n) is 22.0. The van der Waals surface area contributed by atoms with E-state index < -0.39 is 0 Å². The third-order valence-electron chi connectivity index (χ3n) is 8.03. The Hall–Kier alpha value is -5.63. The highest BCUT2D eigenvalue weighted by Gasteiger charge is 2.28. The monoisotopic (exact) mass is 530 g/mol. The minimum Gasteiger partial charge on any atom is -0.344 e. The van der Waals surface area contributed by atoms with E-state index >= 15 is 0 Å². The highest BCUT2D eigenvalue weighted by molar-refractivity contribution is 6.23. The molecule has 2 N–H and O–H groups in total. The van der Waals surface area contributed by atoms with E-state index in [4.69, 9.17) is 25.0 Å². The number of hydrogen-bond acceptors (Lipinski definition) is 6. The van der Waals surface area contributed by atoms with Crippen LogP contribution in [0.3, 0.4) is 0 Å². The molecule has 0 saturated carbocycles. The molecule has 0 radical (unpaired) electrons. The van der Waals surface area contributed by atoms with Crippen LogP contribution in [0.1, 0.15) is 28.4 Å². The number of aromatic amines is 1. The lowest BCUT2D eigenvalue weighted by atomic mass is 10.1. The fraction of sp³-hybridized carbons (Fsp3) is 0.0606. The van der Waals surface area contributed by atoms with Crippen LogP contribution in [-0.4, -0.2) is 27.1 Å². The summed E-state index contributed by atoms with van der Waals surface area (Å²) < 4.78 is 2.04. The third-order valence-corrected chi connectivity index (χ3v) is 8.03. The van der Waals surface area contributed by atoms with Gasteiger partial charge in [-0.25, -0.2) is 25.0 Å². The zero-order chi connectivity index (χ0) is 27.1. The summed E-state index contributed by atoms with van der Waals surface area (Å²) in [5.74, 6) is 3.63. The molecule has 2 aromatic heterocycles. The molecule has 0 spiro atoms. The Morgan fingerprint density at radius 3 is 1.85 bits per heavy atom. The summed E-state index contributed by atoms with van der Waals surface area (Å²) in [5, 5.41) is 7.61. The smallest absolute Gasteiger partial charge is 0.164 e. The van der Waals surface area contributed by atoms with Gasteiger partial charge in [0.2, 0.25) is 0 Å². The van der Waals surface area contributed by atoms with Crippen LogP contribution in [0.2, 0.25) is 0 Å². The first-order valence-electron chi connectivity index (χ1n) is 13.6. The summed E-state index contributed by atoms with van der Waals surface area (Å²) in [6.07, 6.45) is -0.312. The van der Waals surface area contributed by atoms with Crippen molar-refractivity contribution in [3.63, 3.8) is 0 Å². The number of fused-ring (bicyclic) bond motifs is 19. The number of nitrogens with zero attached hydrogens (tertiary/aromatic N) is 6. The molecule has 5 heterocycles. The Kier molecular flexibility index (Phi) is 4.44. The van der Waals surface area contributed by atoms with E-state index in [-0.39, 0.29) is 6.17 Å². The number of H-pyrrole nitrogens is 1. The van der Waals surface area contributed by atoms with Crippen molar-refractivity contribution < 1.29 is 0 Å². The van der Waals surface area contributed by atoms with Gasteiger partial charge in [0.05, 0.1) is 0 Å². The highest BCUT2D eigenvalue weighted by atomic mass is 15.2. The van der Waals surface area contributed by atoms with Crippen LogP contribution in [0, 0.1) is 0 Å². The average Bonchev–Trinajstić information content (AvgIpc) is 3.72. The topological polar surface area (TPSA) is 94.5 Å². The quantitative estimate of drug-likeness (QED) is 0.280. The van der Waals surface area contributed by atoms with E-state index in [2.05, 4.69) is 46.7 Å². The second-order valence-electron chi connectivity index (χ2n) is 10.4. The second-order valence-corrected chi connectivity index (χ2v) is 10.4. The Morgan fingerprint density at radius 1 is 0.561 bits per heavy atom. The first-order chi connectivity index (χ1) is 20.2. The van der Waals surface area contributed by atoms with Gasteiger partial charge in [0, 0.05) is 50.8 Å². The van der Waals surface area contributed by atoms with E-state index in [0.29, 0.717) is 17.2 Å². The molecule has 8 nitrogen and oxygen atoms in total. The molecule has 8 bridgehead atoms. The molecule has 0 amide bonds. The maximum atomic E-state index is 5.21. The van der Waals surface area contributed by atoms with Crippen molar-refractivity contribution in [2.75, 3.05) is 0 Å². The Bertz CT molecular complexity index is 2310. The maximum absolute atomic E-state index is 5.21. The van der Waals surface area contributed by atoms with Crippen molar-refractivity contribution in [1.82, 2.24) is 14.9 Å². The molecular formula is C33H22N8. The van der Waals surface area contributed by atoms with Crippen LogP contribution in [0.5, 0.6) is 0 Å². The van der Waals surface area contributed by atoms with E-state index in [0.717, 1.165) is 66.8 Å². The van der Waals surface area contributed by atoms with Crippen LogP contribution < -0.4 is 16.3 Å². The van der Waals surface area contributed by atoms with Crippen LogP contribution in [0.25, 0.3) is 21.5 Å². The molecule has 1 unspecified atom stereocenters. The number of rotatable bonds is 0. The number of benzene rings is 4. The molecular weight excluding hydrogens is 508 g/mol. The lowest BCUT2D eigenvalue weighted by molar-refractivity contribution is 0.684. The number of amidine groups is 3. The van der Waals surface area contributed by atoms with Crippen LogP contribution in [-0.2, 0) is 7.05 Å². The molecule has 8 heteroatoms. The Morgan fingerprint density at radius 2 is 1.12 bits per heavy atom. The zero-order valence-corrected chi connectivity index (χ0v) is 22.0. The molecule has 3 aliphatic rings. The van der Waals surface area contributed by atoms with Crippen molar-refractivity contribution in [3.8, 4) is 0 Å². The summed E-state index contributed by atoms with van der Waals surface area (Å²) in [5.41, 5.74) is 5.47. The first kappa shape index (κ1) is 22.2. The third kappa shape index (κ3) is 3.18. The predicted octanol–water partition coefficient (Wildman–Crippen LogP) is 5.13. The van der Waals surface area contributed by atoms with Gasteiger partial charge in [-0.05, 0) is 0 Å². The highest BCUT2D eigenvalue weighted by Crippen LogP contribution is 2.39. The van der Waals surface area contributed by atoms with Crippen LogP contribution in [0.15, 0.2) is 122 Å². The number of aliphatic imine (C=N–C) groups is 3. The Labute approximate surface area is 233 Å². The molecule has 3 aliphatic heterocycles. The lowest BCUT2D eigenvalue weighted by Gasteiger charge is -2.07. The lowest BCUT2D eigenvalue weighted by Crippen LogP contribution is -2.22. The predicted molar refractivity (Wildman–Crippen MR) is 161 cm³/mol. The molecule has 0 fully saturated rings. The van der Waals surface area contributed by atoms with E-state index in [1.54, 1.807) is 0 Å². The van der Waals surface area contributed by atoms with Crippen LogP contribution >= 0.6 is 0 Å². The summed E-state index contributed by atoms with van der Waals surface area (Å²) >= 11 is 0. The van der Waals surface area contributed by atoms with E-state index in [1.165, 1.54) is 0 Å². The van der Waals surface area contributed by atoms with Gasteiger partial charge >= 0.3 is 0 Å². The largest absolute Gasteiger partial charge is 0.344 e. The minimum absolute atomic E-state index is 0.312. The Balaban J connectivity index is 1.43. The van der Waals surface area contributed by atoms with Crippen molar-refractivity contribution in [2.24, 2.45) is 32.0 Å². The number of nitrogens with one attached hydrogen (secondary N) is 2. The van der Waals surface area contributed by atoms with Gasteiger partial charge in [-0.2, -0.15) is 0 Å². The standard InChI is InChI=1S/C33H22N8/c1-41-32-24-16-8-9-17-25(24)33(41)40-31-23-15-7-5-13-21(23)29(38-31)36-27-19-11-3-2-10-18(19)26(34-27)35-28-20-12-4-6-14-22(20)30(37-28)39-32/h2-17,28H,1H3,(H,37,39)(H,34,35,36,38,40). The second kappa shape index (κ2) is 8.19. The first-order valence-corrected chi connectivity index (χ1v) is 13.6. The van der Waals surface area contributed by atoms with E-state index in [9.17, 15) is 0 Å². The normalized spacial score (nSPS) is 20.1. The molecule has 9 rings (SSSR count). The van der Waals surface area contributed by atoms with Crippen molar-refractivity contribution in [1.29, 1.82) is 0 Å². The SMILES string of the molecule is Cn1c2c3ccccc3c1/N=C1\NC(/N=c3\[nH]c(c4ccccc34)=NC3=N/C(=N\2)c2ccccc23)c2ccccc21. The molecule has 41 heavy (non-hydrogen) atoms. The minimum atomic E-state index is -0.312. The van der Waals surface area contributed by atoms with Crippen molar-refractivity contribution in [3.05, 3.63) is 130 Å². The van der Waals surface area contributed by atoms with Gasteiger partial charge in [-0.1, -0.05) is 97.1 Å².